The van der Waals surface area contributed by atoms with E-state index in [0.717, 1.165) is 65.2 Å². The number of benzene rings is 2. The second-order valence-corrected chi connectivity index (χ2v) is 9.62. The van der Waals surface area contributed by atoms with Crippen molar-refractivity contribution in [2.24, 2.45) is 5.92 Å². The van der Waals surface area contributed by atoms with Crippen molar-refractivity contribution in [1.82, 2.24) is 20.2 Å². The van der Waals surface area contributed by atoms with Gasteiger partial charge in [-0.1, -0.05) is 30.3 Å². The van der Waals surface area contributed by atoms with Crippen LogP contribution in [-0.4, -0.2) is 46.3 Å². The van der Waals surface area contributed by atoms with E-state index >= 15 is 0 Å². The average Bonchev–Trinajstić information content (AvgIpc) is 2.89. The van der Waals surface area contributed by atoms with Gasteiger partial charge in [-0.2, -0.15) is 0 Å². The van der Waals surface area contributed by atoms with Crippen LogP contribution in [0.3, 0.4) is 0 Å². The molecule has 0 atom stereocenters. The van der Waals surface area contributed by atoms with Crippen molar-refractivity contribution in [1.29, 1.82) is 0 Å². The molecule has 2 N–H and O–H groups in total. The molecule has 1 fully saturated rings. The molecule has 1 aliphatic rings. The first-order chi connectivity index (χ1) is 17.5. The van der Waals surface area contributed by atoms with Crippen LogP contribution in [0.1, 0.15) is 40.9 Å². The normalized spacial score (nSPS) is 14.3. The lowest BCUT2D eigenvalue weighted by Gasteiger charge is -2.32. The Kier molecular flexibility index (Phi) is 6.80. The van der Waals surface area contributed by atoms with E-state index < -0.39 is 0 Å². The second-order valence-electron chi connectivity index (χ2n) is 9.62. The maximum atomic E-state index is 12.9. The molecule has 184 valence electrons. The highest BCUT2D eigenvalue weighted by Crippen LogP contribution is 2.22. The molecule has 2 amide bonds. The summed E-state index contributed by atoms with van der Waals surface area (Å²) in [7, 11) is 0. The standard InChI is InChI=1S/C29H30N4O3/c1-19-16-26(34)32-25-7-6-21(17-24(19)25)18-27(35)33-14-10-20(11-15-33)8-12-31-29(36)28-23-5-3-2-4-22(23)9-13-30-28/h2-7,9,13,16-17,20H,8,10-12,14-15,18H2,1H3,(H,31,36)(H,32,34). The van der Waals surface area contributed by atoms with Gasteiger partial charge in [-0.3, -0.25) is 19.4 Å². The fourth-order valence-corrected chi connectivity index (χ4v) is 5.11. The highest BCUT2D eigenvalue weighted by Gasteiger charge is 2.23. The van der Waals surface area contributed by atoms with Crippen LogP contribution in [0.2, 0.25) is 0 Å². The molecule has 2 aromatic carbocycles. The van der Waals surface area contributed by atoms with Gasteiger partial charge in [-0.15, -0.1) is 0 Å². The molecule has 4 aromatic rings. The van der Waals surface area contributed by atoms with Crippen LogP contribution in [0.25, 0.3) is 21.7 Å². The molecule has 0 bridgehead atoms. The van der Waals surface area contributed by atoms with Crippen molar-refractivity contribution in [3.8, 4) is 0 Å². The zero-order chi connectivity index (χ0) is 25.1. The quantitative estimate of drug-likeness (QED) is 0.435. The Morgan fingerprint density at radius 2 is 1.86 bits per heavy atom. The zero-order valence-electron chi connectivity index (χ0n) is 20.4. The molecule has 0 aliphatic carbocycles. The van der Waals surface area contributed by atoms with Gasteiger partial charge in [0.05, 0.1) is 6.42 Å². The Labute approximate surface area is 209 Å². The Bertz CT molecular complexity index is 1480. The van der Waals surface area contributed by atoms with Crippen LogP contribution in [0.15, 0.2) is 65.6 Å². The first-order valence-corrected chi connectivity index (χ1v) is 12.5. The fourth-order valence-electron chi connectivity index (χ4n) is 5.11. The van der Waals surface area contributed by atoms with E-state index in [2.05, 4.69) is 15.3 Å². The predicted octanol–water partition coefficient (Wildman–Crippen LogP) is 3.99. The predicted molar refractivity (Wildman–Crippen MR) is 141 cm³/mol. The number of hydrogen-bond donors (Lipinski definition) is 2. The van der Waals surface area contributed by atoms with E-state index in [1.165, 1.54) is 0 Å². The summed E-state index contributed by atoms with van der Waals surface area (Å²) in [5.41, 5.74) is 3.00. The third-order valence-corrected chi connectivity index (χ3v) is 7.16. The summed E-state index contributed by atoms with van der Waals surface area (Å²) in [4.78, 5) is 46.4. The molecule has 0 saturated carbocycles. The molecule has 1 aliphatic heterocycles. The number of carbonyl (C=O) groups is 2. The van der Waals surface area contributed by atoms with Crippen LogP contribution in [0.4, 0.5) is 0 Å². The zero-order valence-corrected chi connectivity index (χ0v) is 20.4. The van der Waals surface area contributed by atoms with Gasteiger partial charge in [0.1, 0.15) is 5.69 Å². The minimum Gasteiger partial charge on any atom is -0.351 e. The number of aryl methyl sites for hydroxylation is 1. The van der Waals surface area contributed by atoms with Crippen LogP contribution >= 0.6 is 0 Å². The number of nitrogens with zero attached hydrogens (tertiary/aromatic N) is 2. The summed E-state index contributed by atoms with van der Waals surface area (Å²) in [5, 5.41) is 5.86. The molecular weight excluding hydrogens is 452 g/mol. The second kappa shape index (κ2) is 10.3. The lowest BCUT2D eigenvalue weighted by atomic mass is 9.93. The Hall–Kier alpha value is -4.00. The lowest BCUT2D eigenvalue weighted by Crippen LogP contribution is -2.40. The summed E-state index contributed by atoms with van der Waals surface area (Å²) in [6.45, 7) is 3.99. The number of nitrogens with one attached hydrogen (secondary N) is 2. The van der Waals surface area contributed by atoms with Gasteiger partial charge in [-0.25, -0.2) is 0 Å². The molecule has 7 heteroatoms. The van der Waals surface area contributed by atoms with Crippen LogP contribution < -0.4 is 10.9 Å². The van der Waals surface area contributed by atoms with Crippen molar-refractivity contribution in [2.45, 2.75) is 32.6 Å². The number of fused-ring (bicyclic) bond motifs is 2. The molecule has 0 spiro atoms. The number of H-pyrrole nitrogens is 1. The molecule has 7 nitrogen and oxygen atoms in total. The first kappa shape index (κ1) is 23.7. The third kappa shape index (κ3) is 5.15. The van der Waals surface area contributed by atoms with Gasteiger partial charge >= 0.3 is 0 Å². The van der Waals surface area contributed by atoms with Gasteiger partial charge in [0.25, 0.3) is 5.91 Å². The number of piperidine rings is 1. The largest absolute Gasteiger partial charge is 0.351 e. The lowest BCUT2D eigenvalue weighted by molar-refractivity contribution is -0.131. The van der Waals surface area contributed by atoms with Crippen molar-refractivity contribution in [3.05, 3.63) is 88.0 Å². The van der Waals surface area contributed by atoms with Crippen LogP contribution in [0, 0.1) is 12.8 Å². The summed E-state index contributed by atoms with van der Waals surface area (Å²) < 4.78 is 0. The number of likely N-dealkylation sites (tertiary alicyclic amines) is 1. The number of pyridine rings is 2. The summed E-state index contributed by atoms with van der Waals surface area (Å²) in [6, 6.07) is 17.0. The average molecular weight is 483 g/mol. The van der Waals surface area contributed by atoms with E-state index in [0.29, 0.717) is 24.6 Å². The smallest absolute Gasteiger partial charge is 0.270 e. The van der Waals surface area contributed by atoms with E-state index in [-0.39, 0.29) is 17.4 Å². The molecule has 36 heavy (non-hydrogen) atoms. The molecule has 0 unspecified atom stereocenters. The van der Waals surface area contributed by atoms with Crippen LogP contribution in [0.5, 0.6) is 0 Å². The SMILES string of the molecule is Cc1cc(=O)[nH]c2ccc(CC(=O)N3CCC(CCNC(=O)c4nccc5ccccc45)CC3)cc12. The topological polar surface area (TPSA) is 95.2 Å². The maximum absolute atomic E-state index is 12.9. The fraction of sp³-hybridized carbons (Fsp3) is 0.310. The van der Waals surface area contributed by atoms with E-state index in [1.54, 1.807) is 12.3 Å². The number of aromatic nitrogens is 2. The number of hydrogen-bond acceptors (Lipinski definition) is 4. The van der Waals surface area contributed by atoms with Gasteiger partial charge < -0.3 is 15.2 Å². The number of carbonyl (C=O) groups excluding carboxylic acids is 2. The number of aromatic amines is 1. The van der Waals surface area contributed by atoms with Crippen molar-refractivity contribution >= 4 is 33.5 Å². The van der Waals surface area contributed by atoms with Crippen molar-refractivity contribution < 1.29 is 9.59 Å². The van der Waals surface area contributed by atoms with Crippen LogP contribution in [-0.2, 0) is 11.2 Å². The summed E-state index contributed by atoms with van der Waals surface area (Å²) in [5.74, 6) is 0.467. The Balaban J connectivity index is 1.10. The van der Waals surface area contributed by atoms with E-state index in [4.69, 9.17) is 0 Å². The van der Waals surface area contributed by atoms with Crippen molar-refractivity contribution in [3.63, 3.8) is 0 Å². The molecule has 1 saturated heterocycles. The highest BCUT2D eigenvalue weighted by molar-refractivity contribution is 6.05. The Morgan fingerprint density at radius 3 is 2.69 bits per heavy atom. The molecule has 0 radical (unpaired) electrons. The maximum Gasteiger partial charge on any atom is 0.270 e. The Morgan fingerprint density at radius 1 is 1.06 bits per heavy atom. The summed E-state index contributed by atoms with van der Waals surface area (Å²) in [6.07, 6.45) is 4.79. The van der Waals surface area contributed by atoms with Gasteiger partial charge in [-0.05, 0) is 66.8 Å². The third-order valence-electron chi connectivity index (χ3n) is 7.16. The number of amides is 2. The molecular formula is C29H30N4O3. The molecule has 2 aromatic heterocycles. The van der Waals surface area contributed by atoms with Gasteiger partial charge in [0, 0.05) is 48.2 Å². The molecule has 3 heterocycles. The first-order valence-electron chi connectivity index (χ1n) is 12.5. The number of rotatable bonds is 6. The van der Waals surface area contributed by atoms with Crippen molar-refractivity contribution in [2.75, 3.05) is 19.6 Å². The highest BCUT2D eigenvalue weighted by atomic mass is 16.2. The summed E-state index contributed by atoms with van der Waals surface area (Å²) >= 11 is 0. The minimum absolute atomic E-state index is 0.114. The minimum atomic E-state index is -0.144. The van der Waals surface area contributed by atoms with E-state index in [1.807, 2.05) is 60.4 Å². The molecule has 5 rings (SSSR count). The van der Waals surface area contributed by atoms with E-state index in [9.17, 15) is 14.4 Å². The van der Waals surface area contributed by atoms with Gasteiger partial charge in [0.15, 0.2) is 0 Å². The monoisotopic (exact) mass is 482 g/mol. The van der Waals surface area contributed by atoms with Gasteiger partial charge in [0.2, 0.25) is 11.5 Å².